The Kier molecular flexibility index (Phi) is 4.49. The van der Waals surface area contributed by atoms with Crippen molar-refractivity contribution in [3.63, 3.8) is 0 Å². The molecule has 0 unspecified atom stereocenters. The first-order chi connectivity index (χ1) is 7.47. The van der Waals surface area contributed by atoms with Crippen LogP contribution in [0.2, 0.25) is 0 Å². The highest BCUT2D eigenvalue weighted by Gasteiger charge is 2.14. The number of imidazole rings is 1. The standard InChI is InChI=1S/C10H19N3O2S/c1-4-5-10-11-6-7-13(10)8-9-16(14,15)12(2)3/h6-7H,4-5,8-9H2,1-3H3. The van der Waals surface area contributed by atoms with Crippen molar-refractivity contribution >= 4 is 10.0 Å². The topological polar surface area (TPSA) is 55.2 Å². The molecule has 0 amide bonds. The smallest absolute Gasteiger partial charge is 0.215 e. The Bertz CT molecular complexity index is 423. The van der Waals surface area contributed by atoms with Crippen LogP contribution in [0.25, 0.3) is 0 Å². The van der Waals surface area contributed by atoms with Crippen LogP contribution in [0.15, 0.2) is 12.4 Å². The van der Waals surface area contributed by atoms with E-state index in [-0.39, 0.29) is 5.75 Å². The lowest BCUT2D eigenvalue weighted by Crippen LogP contribution is -2.27. The predicted molar refractivity (Wildman–Crippen MR) is 63.7 cm³/mol. The zero-order valence-corrected chi connectivity index (χ0v) is 10.9. The van der Waals surface area contributed by atoms with Gasteiger partial charge in [0.15, 0.2) is 0 Å². The fraction of sp³-hybridized carbons (Fsp3) is 0.700. The molecule has 92 valence electrons. The molecular weight excluding hydrogens is 226 g/mol. The van der Waals surface area contributed by atoms with Gasteiger partial charge < -0.3 is 4.57 Å². The van der Waals surface area contributed by atoms with E-state index in [4.69, 9.17) is 0 Å². The third-order valence-corrected chi connectivity index (χ3v) is 4.23. The van der Waals surface area contributed by atoms with Crippen LogP contribution in [0.4, 0.5) is 0 Å². The Morgan fingerprint density at radius 1 is 1.44 bits per heavy atom. The number of hydrogen-bond acceptors (Lipinski definition) is 3. The van der Waals surface area contributed by atoms with Crippen molar-refractivity contribution in [2.24, 2.45) is 0 Å². The van der Waals surface area contributed by atoms with E-state index in [2.05, 4.69) is 11.9 Å². The van der Waals surface area contributed by atoms with Crippen LogP contribution in [0.5, 0.6) is 0 Å². The van der Waals surface area contributed by atoms with Gasteiger partial charge in [0.1, 0.15) is 5.82 Å². The largest absolute Gasteiger partial charge is 0.334 e. The molecule has 1 aromatic heterocycles. The van der Waals surface area contributed by atoms with E-state index in [1.54, 1.807) is 20.3 Å². The molecule has 1 aromatic rings. The molecule has 0 bridgehead atoms. The van der Waals surface area contributed by atoms with Crippen LogP contribution in [0, 0.1) is 0 Å². The number of hydrogen-bond donors (Lipinski definition) is 0. The highest BCUT2D eigenvalue weighted by molar-refractivity contribution is 7.89. The van der Waals surface area contributed by atoms with E-state index in [0.717, 1.165) is 18.7 Å². The van der Waals surface area contributed by atoms with Gasteiger partial charge in [-0.1, -0.05) is 6.92 Å². The molecular formula is C10H19N3O2S. The maximum absolute atomic E-state index is 11.6. The van der Waals surface area contributed by atoms with Crippen molar-refractivity contribution in [3.8, 4) is 0 Å². The van der Waals surface area contributed by atoms with E-state index in [1.807, 2.05) is 10.8 Å². The fourth-order valence-corrected chi connectivity index (χ4v) is 2.18. The van der Waals surface area contributed by atoms with Crippen LogP contribution < -0.4 is 0 Å². The highest BCUT2D eigenvalue weighted by atomic mass is 32.2. The van der Waals surface area contributed by atoms with E-state index >= 15 is 0 Å². The normalized spacial score (nSPS) is 12.2. The minimum atomic E-state index is -3.12. The highest BCUT2D eigenvalue weighted by Crippen LogP contribution is 2.03. The lowest BCUT2D eigenvalue weighted by molar-refractivity contribution is 0.514. The van der Waals surface area contributed by atoms with Gasteiger partial charge in [0.05, 0.1) is 5.75 Å². The second kappa shape index (κ2) is 5.45. The quantitative estimate of drug-likeness (QED) is 0.742. The van der Waals surface area contributed by atoms with Crippen molar-refractivity contribution in [2.45, 2.75) is 26.3 Å². The minimum absolute atomic E-state index is 0.118. The third kappa shape index (κ3) is 3.31. The summed E-state index contributed by atoms with van der Waals surface area (Å²) >= 11 is 0. The molecule has 0 atom stereocenters. The van der Waals surface area contributed by atoms with Crippen molar-refractivity contribution in [1.29, 1.82) is 0 Å². The predicted octanol–water partition coefficient (Wildman–Crippen LogP) is 0.727. The van der Waals surface area contributed by atoms with E-state index in [1.165, 1.54) is 4.31 Å². The summed E-state index contributed by atoms with van der Waals surface area (Å²) in [4.78, 5) is 4.21. The molecule has 5 nitrogen and oxygen atoms in total. The minimum Gasteiger partial charge on any atom is -0.334 e. The van der Waals surface area contributed by atoms with E-state index in [9.17, 15) is 8.42 Å². The first-order valence-electron chi connectivity index (χ1n) is 5.37. The number of aryl methyl sites for hydroxylation is 2. The molecule has 0 aliphatic heterocycles. The average Bonchev–Trinajstić information content (AvgIpc) is 2.63. The number of rotatable bonds is 6. The van der Waals surface area contributed by atoms with Crippen LogP contribution in [-0.2, 0) is 23.0 Å². The van der Waals surface area contributed by atoms with Gasteiger partial charge >= 0.3 is 0 Å². The first kappa shape index (κ1) is 13.2. The summed E-state index contributed by atoms with van der Waals surface area (Å²) in [7, 11) is -0.0177. The average molecular weight is 245 g/mol. The summed E-state index contributed by atoms with van der Waals surface area (Å²) in [5.74, 6) is 1.07. The van der Waals surface area contributed by atoms with Crippen molar-refractivity contribution in [3.05, 3.63) is 18.2 Å². The molecule has 0 spiro atoms. The Balaban J connectivity index is 2.64. The van der Waals surface area contributed by atoms with Crippen LogP contribution >= 0.6 is 0 Å². The van der Waals surface area contributed by atoms with Gasteiger partial charge in [-0.05, 0) is 6.42 Å². The summed E-state index contributed by atoms with van der Waals surface area (Å²) in [6.07, 6.45) is 5.44. The lowest BCUT2D eigenvalue weighted by Gasteiger charge is -2.12. The van der Waals surface area contributed by atoms with Gasteiger partial charge in [0.25, 0.3) is 0 Å². The molecule has 0 radical (unpaired) electrons. The summed E-state index contributed by atoms with van der Waals surface area (Å²) in [5.41, 5.74) is 0. The van der Waals surface area contributed by atoms with Crippen molar-refractivity contribution in [2.75, 3.05) is 19.8 Å². The van der Waals surface area contributed by atoms with Gasteiger partial charge in [-0.2, -0.15) is 0 Å². The second-order valence-corrected chi connectivity index (χ2v) is 6.19. The molecule has 0 aliphatic carbocycles. The monoisotopic (exact) mass is 245 g/mol. The van der Waals surface area contributed by atoms with Crippen LogP contribution in [0.1, 0.15) is 19.2 Å². The van der Waals surface area contributed by atoms with E-state index in [0.29, 0.717) is 6.54 Å². The van der Waals surface area contributed by atoms with Gasteiger partial charge in [-0.15, -0.1) is 0 Å². The van der Waals surface area contributed by atoms with Gasteiger partial charge in [0.2, 0.25) is 10.0 Å². The molecule has 1 heterocycles. The molecule has 0 N–H and O–H groups in total. The van der Waals surface area contributed by atoms with Crippen LogP contribution in [-0.4, -0.2) is 42.1 Å². The zero-order valence-electron chi connectivity index (χ0n) is 10.0. The first-order valence-corrected chi connectivity index (χ1v) is 6.98. The van der Waals surface area contributed by atoms with Crippen molar-refractivity contribution < 1.29 is 8.42 Å². The fourth-order valence-electron chi connectivity index (χ4n) is 1.39. The SMILES string of the molecule is CCCc1nccn1CCS(=O)(=O)N(C)C. The van der Waals surface area contributed by atoms with E-state index < -0.39 is 10.0 Å². The summed E-state index contributed by atoms with van der Waals surface area (Å²) in [5, 5.41) is 0. The van der Waals surface area contributed by atoms with Gasteiger partial charge in [-0.3, -0.25) is 0 Å². The lowest BCUT2D eigenvalue weighted by atomic mass is 10.3. The summed E-state index contributed by atoms with van der Waals surface area (Å²) in [6.45, 7) is 2.55. The summed E-state index contributed by atoms with van der Waals surface area (Å²) < 4.78 is 26.3. The Hall–Kier alpha value is -0.880. The number of nitrogens with zero attached hydrogens (tertiary/aromatic N) is 3. The third-order valence-electron chi connectivity index (χ3n) is 2.42. The second-order valence-electron chi connectivity index (χ2n) is 3.89. The van der Waals surface area contributed by atoms with Crippen LogP contribution in [0.3, 0.4) is 0 Å². The Morgan fingerprint density at radius 3 is 2.69 bits per heavy atom. The Morgan fingerprint density at radius 2 is 2.12 bits per heavy atom. The molecule has 1 rings (SSSR count). The summed E-state index contributed by atoms with van der Waals surface area (Å²) in [6, 6.07) is 0. The molecule has 0 aromatic carbocycles. The maximum atomic E-state index is 11.6. The zero-order chi connectivity index (χ0) is 12.2. The van der Waals surface area contributed by atoms with Gasteiger partial charge in [0, 0.05) is 39.5 Å². The maximum Gasteiger partial charge on any atom is 0.215 e. The molecule has 0 saturated carbocycles. The van der Waals surface area contributed by atoms with Gasteiger partial charge in [-0.25, -0.2) is 17.7 Å². The number of sulfonamides is 1. The number of aromatic nitrogens is 2. The Labute approximate surface area is 97.1 Å². The molecule has 0 fully saturated rings. The molecule has 0 saturated heterocycles. The molecule has 16 heavy (non-hydrogen) atoms. The molecule has 0 aliphatic rings. The molecule has 6 heteroatoms. The van der Waals surface area contributed by atoms with Crippen molar-refractivity contribution in [1.82, 2.24) is 13.9 Å².